The van der Waals surface area contributed by atoms with Gasteiger partial charge in [-0.1, -0.05) is 19.1 Å². The van der Waals surface area contributed by atoms with E-state index in [1.54, 1.807) is 19.1 Å². The van der Waals surface area contributed by atoms with Crippen LogP contribution in [0.15, 0.2) is 42.2 Å². The highest BCUT2D eigenvalue weighted by Gasteiger charge is 2.19. The number of benzene rings is 1. The number of hydrogen-bond donors (Lipinski definition) is 3. The van der Waals surface area contributed by atoms with E-state index in [0.29, 0.717) is 29.1 Å². The van der Waals surface area contributed by atoms with Crippen molar-refractivity contribution in [2.75, 3.05) is 11.9 Å². The Morgan fingerprint density at radius 2 is 2.13 bits per heavy atom. The van der Waals surface area contributed by atoms with E-state index < -0.39 is 17.6 Å². The molecule has 0 atom stereocenters. The number of aromatic nitrogens is 1. The number of hydrogen-bond acceptors (Lipinski definition) is 5. The predicted molar refractivity (Wildman–Crippen MR) is 107 cm³/mol. The van der Waals surface area contributed by atoms with Gasteiger partial charge in [0.05, 0.1) is 0 Å². The Hall–Kier alpha value is -3.75. The molecule has 0 spiro atoms. The third-order valence-corrected chi connectivity index (χ3v) is 4.32. The lowest BCUT2D eigenvalue weighted by molar-refractivity contribution is -0.119. The van der Waals surface area contributed by atoms with E-state index in [1.807, 2.05) is 6.92 Å². The molecule has 1 aliphatic heterocycles. The van der Waals surface area contributed by atoms with Crippen molar-refractivity contribution in [2.45, 2.75) is 26.8 Å². The molecule has 3 N–H and O–H groups in total. The average molecular weight is 412 g/mol. The van der Waals surface area contributed by atoms with Crippen molar-refractivity contribution in [1.82, 2.24) is 15.6 Å². The molecule has 8 nitrogen and oxygen atoms in total. The Kier molecular flexibility index (Phi) is 6.41. The highest BCUT2D eigenvalue weighted by atomic mass is 19.1. The van der Waals surface area contributed by atoms with Gasteiger partial charge < -0.3 is 20.7 Å². The number of carbonyl (C=O) groups excluding carboxylic acids is 3. The standard InChI is InChI=1S/C21H21FN4O4/c1-3-4-16(26-19(28)15-8-14(22)6-5-12(15)2)20(29)23-9-13-7-17-21(24-10-13)30-11-18(27)25-17/h4-8,10H,3,9,11H2,1-2H3,(H,23,29)(H,25,27)(H,26,28)/b16-4+. The molecule has 1 aromatic heterocycles. The summed E-state index contributed by atoms with van der Waals surface area (Å²) in [5, 5.41) is 7.89. The van der Waals surface area contributed by atoms with Crippen molar-refractivity contribution < 1.29 is 23.5 Å². The van der Waals surface area contributed by atoms with Crippen molar-refractivity contribution >= 4 is 23.4 Å². The van der Waals surface area contributed by atoms with Crippen molar-refractivity contribution in [3.05, 3.63) is 64.7 Å². The van der Waals surface area contributed by atoms with Crippen LogP contribution < -0.4 is 20.7 Å². The number of allylic oxidation sites excluding steroid dienone is 1. The Labute approximate surface area is 172 Å². The monoisotopic (exact) mass is 412 g/mol. The number of aryl methyl sites for hydroxylation is 1. The Balaban J connectivity index is 1.67. The highest BCUT2D eigenvalue weighted by molar-refractivity contribution is 6.03. The molecule has 0 saturated carbocycles. The molecule has 0 fully saturated rings. The van der Waals surface area contributed by atoms with Gasteiger partial charge in [0.25, 0.3) is 17.7 Å². The van der Waals surface area contributed by atoms with Crippen molar-refractivity contribution in [1.29, 1.82) is 0 Å². The SMILES string of the molecule is CC/C=C(/NC(=O)c1cc(F)ccc1C)C(=O)NCc1cnc2c(c1)NC(=O)CO2. The third kappa shape index (κ3) is 4.99. The van der Waals surface area contributed by atoms with Crippen molar-refractivity contribution in [3.8, 4) is 5.88 Å². The average Bonchev–Trinajstić information content (AvgIpc) is 2.72. The lowest BCUT2D eigenvalue weighted by Gasteiger charge is -2.17. The van der Waals surface area contributed by atoms with E-state index in [0.717, 1.165) is 6.07 Å². The van der Waals surface area contributed by atoms with Crippen LogP contribution in [0.25, 0.3) is 0 Å². The number of anilines is 1. The topological polar surface area (TPSA) is 109 Å². The maximum atomic E-state index is 13.5. The van der Waals surface area contributed by atoms with E-state index in [4.69, 9.17) is 4.74 Å². The van der Waals surface area contributed by atoms with Crippen LogP contribution >= 0.6 is 0 Å². The van der Waals surface area contributed by atoms with Gasteiger partial charge in [-0.05, 0) is 42.7 Å². The molecule has 0 saturated heterocycles. The largest absolute Gasteiger partial charge is 0.466 e. The smallest absolute Gasteiger partial charge is 0.267 e. The normalized spacial score (nSPS) is 13.0. The van der Waals surface area contributed by atoms with Crippen LogP contribution in [-0.2, 0) is 16.1 Å². The van der Waals surface area contributed by atoms with Gasteiger partial charge >= 0.3 is 0 Å². The number of carbonyl (C=O) groups is 3. The van der Waals surface area contributed by atoms with Crippen LogP contribution in [0, 0.1) is 12.7 Å². The van der Waals surface area contributed by atoms with Crippen molar-refractivity contribution in [3.63, 3.8) is 0 Å². The quantitative estimate of drug-likeness (QED) is 0.630. The summed E-state index contributed by atoms with van der Waals surface area (Å²) in [6.07, 6.45) is 3.60. The van der Waals surface area contributed by atoms with Gasteiger partial charge in [-0.2, -0.15) is 0 Å². The summed E-state index contributed by atoms with van der Waals surface area (Å²) in [6, 6.07) is 5.54. The fourth-order valence-corrected chi connectivity index (χ4v) is 2.83. The predicted octanol–water partition coefficient (Wildman–Crippen LogP) is 2.20. The lowest BCUT2D eigenvalue weighted by Crippen LogP contribution is -2.35. The first-order chi connectivity index (χ1) is 14.4. The number of nitrogens with one attached hydrogen (secondary N) is 3. The zero-order valence-corrected chi connectivity index (χ0v) is 16.5. The summed E-state index contributed by atoms with van der Waals surface area (Å²) in [5.74, 6) is -1.58. The minimum atomic E-state index is -0.572. The third-order valence-electron chi connectivity index (χ3n) is 4.32. The van der Waals surface area contributed by atoms with Crippen LogP contribution in [0.1, 0.15) is 34.8 Å². The first-order valence-corrected chi connectivity index (χ1v) is 9.34. The summed E-state index contributed by atoms with van der Waals surface area (Å²) >= 11 is 0. The summed E-state index contributed by atoms with van der Waals surface area (Å²) in [7, 11) is 0. The maximum Gasteiger partial charge on any atom is 0.267 e. The second-order valence-electron chi connectivity index (χ2n) is 6.66. The van der Waals surface area contributed by atoms with Gasteiger partial charge in [-0.3, -0.25) is 14.4 Å². The van der Waals surface area contributed by atoms with Gasteiger partial charge in [-0.25, -0.2) is 9.37 Å². The van der Waals surface area contributed by atoms with E-state index >= 15 is 0 Å². The molecule has 9 heteroatoms. The molecule has 3 rings (SSSR count). The van der Waals surface area contributed by atoms with Gasteiger partial charge in [0, 0.05) is 18.3 Å². The fourth-order valence-electron chi connectivity index (χ4n) is 2.83. The maximum absolute atomic E-state index is 13.5. The van der Waals surface area contributed by atoms with E-state index in [-0.39, 0.29) is 30.3 Å². The highest BCUT2D eigenvalue weighted by Crippen LogP contribution is 2.25. The minimum absolute atomic E-state index is 0.0636. The summed E-state index contributed by atoms with van der Waals surface area (Å²) in [5.41, 5.74) is 1.87. The molecule has 3 amide bonds. The molecule has 1 aliphatic rings. The molecule has 0 bridgehead atoms. The molecular weight excluding hydrogens is 391 g/mol. The molecule has 0 unspecified atom stereocenters. The van der Waals surface area contributed by atoms with Gasteiger partial charge in [0.1, 0.15) is 17.2 Å². The molecule has 2 heterocycles. The van der Waals surface area contributed by atoms with Crippen LogP contribution in [-0.4, -0.2) is 29.3 Å². The molecule has 1 aromatic carbocycles. The first-order valence-electron chi connectivity index (χ1n) is 9.34. The summed E-state index contributed by atoms with van der Waals surface area (Å²) in [6.45, 7) is 3.53. The van der Waals surface area contributed by atoms with Crippen molar-refractivity contribution in [2.24, 2.45) is 0 Å². The Morgan fingerprint density at radius 1 is 1.33 bits per heavy atom. The number of ether oxygens (including phenoxy) is 1. The molecule has 156 valence electrons. The summed E-state index contributed by atoms with van der Waals surface area (Å²) in [4.78, 5) is 40.6. The number of rotatable bonds is 6. The number of nitrogens with zero attached hydrogens (tertiary/aromatic N) is 1. The fraction of sp³-hybridized carbons (Fsp3) is 0.238. The Bertz CT molecular complexity index is 1040. The minimum Gasteiger partial charge on any atom is -0.466 e. The lowest BCUT2D eigenvalue weighted by atomic mass is 10.1. The summed E-state index contributed by atoms with van der Waals surface area (Å²) < 4.78 is 18.7. The van der Waals surface area contributed by atoms with Gasteiger partial charge in [0.2, 0.25) is 5.88 Å². The number of pyridine rings is 1. The zero-order chi connectivity index (χ0) is 21.7. The Morgan fingerprint density at radius 3 is 2.90 bits per heavy atom. The molecule has 30 heavy (non-hydrogen) atoms. The second-order valence-corrected chi connectivity index (χ2v) is 6.66. The van der Waals surface area contributed by atoms with Gasteiger partial charge in [0.15, 0.2) is 6.61 Å². The number of halogens is 1. The molecule has 0 radical (unpaired) electrons. The first kappa shape index (κ1) is 21.0. The molecular formula is C21H21FN4O4. The van der Waals surface area contributed by atoms with Crippen LogP contribution in [0.5, 0.6) is 5.88 Å². The van der Waals surface area contributed by atoms with Crippen LogP contribution in [0.3, 0.4) is 0 Å². The van der Waals surface area contributed by atoms with Gasteiger partial charge in [-0.15, -0.1) is 0 Å². The van der Waals surface area contributed by atoms with Crippen LogP contribution in [0.4, 0.5) is 10.1 Å². The number of amides is 3. The molecule has 2 aromatic rings. The molecule has 0 aliphatic carbocycles. The number of fused-ring (bicyclic) bond motifs is 1. The van der Waals surface area contributed by atoms with E-state index in [2.05, 4.69) is 20.9 Å². The van der Waals surface area contributed by atoms with Crippen LogP contribution in [0.2, 0.25) is 0 Å². The zero-order valence-electron chi connectivity index (χ0n) is 16.5. The van der Waals surface area contributed by atoms with E-state index in [9.17, 15) is 18.8 Å². The second kappa shape index (κ2) is 9.17. The van der Waals surface area contributed by atoms with E-state index in [1.165, 1.54) is 18.3 Å².